The van der Waals surface area contributed by atoms with Crippen molar-refractivity contribution in [2.75, 3.05) is 27.9 Å². The molecule has 3 aromatic rings. The Bertz CT molecular complexity index is 1400. The number of aliphatic carboxylic acids is 1. The van der Waals surface area contributed by atoms with E-state index >= 15 is 0 Å². The number of carboxylic acid groups (broad SMARTS) is 1. The molecule has 0 amide bonds. The molecule has 0 spiro atoms. The maximum absolute atomic E-state index is 14.0. The summed E-state index contributed by atoms with van der Waals surface area (Å²) in [5.74, 6) is -0.784. The highest BCUT2D eigenvalue weighted by Gasteiger charge is 2.46. The Morgan fingerprint density at radius 3 is 1.92 bits per heavy atom. The molecule has 0 unspecified atom stereocenters. The van der Waals surface area contributed by atoms with E-state index in [0.717, 1.165) is 16.0 Å². The van der Waals surface area contributed by atoms with Crippen LogP contribution >= 0.6 is 11.8 Å². The lowest BCUT2D eigenvalue weighted by Gasteiger charge is -2.42. The summed E-state index contributed by atoms with van der Waals surface area (Å²) in [5.41, 5.74) is 2.65. The highest BCUT2D eigenvalue weighted by atomic mass is 32.2. The van der Waals surface area contributed by atoms with Gasteiger partial charge in [-0.3, -0.25) is 4.79 Å². The minimum atomic E-state index is -4.05. The van der Waals surface area contributed by atoms with Gasteiger partial charge in [-0.15, -0.1) is 11.8 Å². The molecule has 1 saturated heterocycles. The summed E-state index contributed by atoms with van der Waals surface area (Å²) in [4.78, 5) is 13.5. The van der Waals surface area contributed by atoms with Crippen molar-refractivity contribution >= 4 is 27.8 Å². The lowest BCUT2D eigenvalue weighted by Crippen LogP contribution is -2.49. The summed E-state index contributed by atoms with van der Waals surface area (Å²) in [6.07, 6.45) is 0.263. The van der Waals surface area contributed by atoms with Gasteiger partial charge in [-0.05, 0) is 62.2 Å². The number of rotatable bonds is 9. The third-order valence-corrected chi connectivity index (χ3v) is 10.2. The van der Waals surface area contributed by atoms with Gasteiger partial charge in [-0.2, -0.15) is 4.31 Å². The minimum Gasteiger partial charge on any atom is -0.493 e. The quantitative estimate of drug-likeness (QED) is 0.368. The Morgan fingerprint density at radius 1 is 0.897 bits per heavy atom. The van der Waals surface area contributed by atoms with Gasteiger partial charge in [0.1, 0.15) is 0 Å². The van der Waals surface area contributed by atoms with Gasteiger partial charge < -0.3 is 19.3 Å². The van der Waals surface area contributed by atoms with E-state index < -0.39 is 33.2 Å². The molecule has 8 nitrogen and oxygen atoms in total. The van der Waals surface area contributed by atoms with Crippen LogP contribution in [0, 0.1) is 19.8 Å². The first-order valence-electron chi connectivity index (χ1n) is 12.4. The molecule has 0 aliphatic carbocycles. The van der Waals surface area contributed by atoms with Gasteiger partial charge in [-0.1, -0.05) is 35.4 Å². The number of thioether (sulfide) groups is 1. The number of hydrogen-bond donors (Lipinski definition) is 1. The van der Waals surface area contributed by atoms with Gasteiger partial charge in [0, 0.05) is 16.7 Å². The molecule has 4 rings (SSSR count). The van der Waals surface area contributed by atoms with Crippen LogP contribution in [0.15, 0.2) is 70.5 Å². The van der Waals surface area contributed by atoms with Crippen molar-refractivity contribution in [2.24, 2.45) is 5.92 Å². The van der Waals surface area contributed by atoms with Gasteiger partial charge in [0.25, 0.3) is 0 Å². The van der Waals surface area contributed by atoms with Crippen molar-refractivity contribution in [2.45, 2.75) is 41.4 Å². The predicted octanol–water partition coefficient (Wildman–Crippen LogP) is 5.33. The van der Waals surface area contributed by atoms with Gasteiger partial charge in [-0.25, -0.2) is 8.42 Å². The van der Waals surface area contributed by atoms with Gasteiger partial charge in [0.05, 0.1) is 38.2 Å². The lowest BCUT2D eigenvalue weighted by atomic mass is 9.90. The molecule has 1 fully saturated rings. The molecule has 39 heavy (non-hydrogen) atoms. The van der Waals surface area contributed by atoms with Crippen LogP contribution in [0.3, 0.4) is 0 Å². The van der Waals surface area contributed by atoms with Crippen LogP contribution in [0.5, 0.6) is 17.2 Å². The average molecular weight is 572 g/mol. The second kappa shape index (κ2) is 11.9. The van der Waals surface area contributed by atoms with E-state index in [4.69, 9.17) is 14.2 Å². The number of piperidine rings is 1. The predicted molar refractivity (Wildman–Crippen MR) is 150 cm³/mol. The molecular weight excluding hydrogens is 538 g/mol. The van der Waals surface area contributed by atoms with Crippen molar-refractivity contribution in [3.05, 3.63) is 77.4 Å². The molecule has 0 radical (unpaired) electrons. The molecule has 0 bridgehead atoms. The second-order valence-electron chi connectivity index (χ2n) is 9.51. The van der Waals surface area contributed by atoms with E-state index in [1.54, 1.807) is 36.4 Å². The van der Waals surface area contributed by atoms with Crippen molar-refractivity contribution in [3.63, 3.8) is 0 Å². The van der Waals surface area contributed by atoms with Gasteiger partial charge >= 0.3 is 5.97 Å². The number of nitrogens with zero attached hydrogens (tertiary/aromatic N) is 1. The molecule has 208 valence electrons. The number of methoxy groups -OCH3 is 3. The molecule has 1 aliphatic rings. The number of aryl methyl sites for hydroxylation is 2. The van der Waals surface area contributed by atoms with E-state index in [-0.39, 0.29) is 17.9 Å². The molecule has 1 N–H and O–H groups in total. The molecule has 3 atom stereocenters. The fourth-order valence-electron chi connectivity index (χ4n) is 4.81. The average Bonchev–Trinajstić information content (AvgIpc) is 2.93. The number of carboxylic acids is 1. The van der Waals surface area contributed by atoms with Crippen molar-refractivity contribution < 1.29 is 32.5 Å². The first-order chi connectivity index (χ1) is 18.6. The number of hydrogen-bond acceptors (Lipinski definition) is 7. The third kappa shape index (κ3) is 6.03. The smallest absolute Gasteiger partial charge is 0.308 e. The zero-order valence-electron chi connectivity index (χ0n) is 22.6. The van der Waals surface area contributed by atoms with Gasteiger partial charge in [0.15, 0.2) is 11.5 Å². The molecule has 10 heteroatoms. The molecule has 1 aliphatic heterocycles. The van der Waals surface area contributed by atoms with Crippen LogP contribution in [0.4, 0.5) is 0 Å². The standard InChI is InChI=1S/C29H33NO7S2/c1-18-6-10-21(11-7-18)38-27-16-24(20-14-25(35-3)28(37-5)26(15-20)36-4)30(17-23(27)29(31)32)39(33,34)22-12-8-19(2)9-13-22/h6-15,23-24,27H,16-17H2,1-5H3,(H,31,32)/t23-,24+,27-/m1/s1. The number of sulfonamides is 1. The van der Waals surface area contributed by atoms with Crippen molar-refractivity contribution in [1.82, 2.24) is 4.31 Å². The molecular formula is C29H33NO7S2. The molecule has 0 saturated carbocycles. The van der Waals surface area contributed by atoms with E-state index in [2.05, 4.69) is 0 Å². The topological polar surface area (TPSA) is 102 Å². The summed E-state index contributed by atoms with van der Waals surface area (Å²) >= 11 is 1.46. The fourth-order valence-corrected chi connectivity index (χ4v) is 7.75. The Kier molecular flexibility index (Phi) is 8.78. The highest BCUT2D eigenvalue weighted by Crippen LogP contribution is 2.47. The summed E-state index contributed by atoms with van der Waals surface area (Å²) in [6, 6.07) is 17.2. The van der Waals surface area contributed by atoms with Crippen LogP contribution < -0.4 is 14.2 Å². The SMILES string of the molecule is COc1cc([C@@H]2C[C@@H](Sc3ccc(C)cc3)[C@H](C(=O)O)CN2S(=O)(=O)c2ccc(C)cc2)cc(OC)c1OC. The first-order valence-corrected chi connectivity index (χ1v) is 14.8. The Labute approximate surface area is 233 Å². The summed E-state index contributed by atoms with van der Waals surface area (Å²) in [6.45, 7) is 3.68. The van der Waals surface area contributed by atoms with Crippen LogP contribution in [0.1, 0.15) is 29.2 Å². The monoisotopic (exact) mass is 571 g/mol. The lowest BCUT2D eigenvalue weighted by molar-refractivity contribution is -0.143. The van der Waals surface area contributed by atoms with Crippen LogP contribution in [0.25, 0.3) is 0 Å². The molecule has 0 aromatic heterocycles. The molecule has 1 heterocycles. The number of benzene rings is 3. The van der Waals surface area contributed by atoms with Crippen molar-refractivity contribution in [1.29, 1.82) is 0 Å². The van der Waals surface area contributed by atoms with Crippen molar-refractivity contribution in [3.8, 4) is 17.2 Å². The van der Waals surface area contributed by atoms with E-state index in [0.29, 0.717) is 22.8 Å². The summed E-state index contributed by atoms with van der Waals surface area (Å²) in [5, 5.41) is 9.83. The van der Waals surface area contributed by atoms with Crippen LogP contribution in [0.2, 0.25) is 0 Å². The highest BCUT2D eigenvalue weighted by molar-refractivity contribution is 8.00. The van der Waals surface area contributed by atoms with E-state index in [1.165, 1.54) is 37.4 Å². The van der Waals surface area contributed by atoms with E-state index in [1.807, 2.05) is 38.1 Å². The maximum Gasteiger partial charge on any atom is 0.308 e. The maximum atomic E-state index is 14.0. The number of ether oxygens (including phenoxy) is 3. The van der Waals surface area contributed by atoms with Crippen LogP contribution in [-0.4, -0.2) is 56.9 Å². The zero-order chi connectivity index (χ0) is 28.3. The van der Waals surface area contributed by atoms with Crippen LogP contribution in [-0.2, 0) is 14.8 Å². The zero-order valence-corrected chi connectivity index (χ0v) is 24.2. The Hall–Kier alpha value is -3.21. The normalized spacial score (nSPS) is 19.9. The minimum absolute atomic E-state index is 0.110. The Balaban J connectivity index is 1.84. The van der Waals surface area contributed by atoms with Gasteiger partial charge in [0.2, 0.25) is 15.8 Å². The second-order valence-corrected chi connectivity index (χ2v) is 12.7. The third-order valence-electron chi connectivity index (χ3n) is 6.95. The molecule has 3 aromatic carbocycles. The largest absolute Gasteiger partial charge is 0.493 e. The summed E-state index contributed by atoms with van der Waals surface area (Å²) < 4.78 is 45.9. The Morgan fingerprint density at radius 2 is 1.44 bits per heavy atom. The van der Waals surface area contributed by atoms with E-state index in [9.17, 15) is 18.3 Å². The first kappa shape index (κ1) is 28.8. The fraction of sp³-hybridized carbons (Fsp3) is 0.345. The summed E-state index contributed by atoms with van der Waals surface area (Å²) in [7, 11) is 0.448. The number of carbonyl (C=O) groups is 1.